The highest BCUT2D eigenvalue weighted by molar-refractivity contribution is 6.09. The summed E-state index contributed by atoms with van der Waals surface area (Å²) in [5, 5.41) is 2.76. The smallest absolute Gasteiger partial charge is 0.236 e. The van der Waals surface area contributed by atoms with Gasteiger partial charge >= 0.3 is 0 Å². The van der Waals surface area contributed by atoms with Gasteiger partial charge in [0, 0.05) is 12.2 Å². The Labute approximate surface area is 148 Å². The minimum Gasteiger partial charge on any atom is -0.495 e. The molecular weight excluding hydrogens is 316 g/mol. The summed E-state index contributed by atoms with van der Waals surface area (Å²) in [6.45, 7) is 6.29. The van der Waals surface area contributed by atoms with E-state index in [1.165, 1.54) is 0 Å². The Balaban J connectivity index is 2.09. The van der Waals surface area contributed by atoms with E-state index in [0.717, 1.165) is 16.8 Å². The lowest BCUT2D eigenvalue weighted by Crippen LogP contribution is -2.33. The van der Waals surface area contributed by atoms with Crippen molar-refractivity contribution in [2.24, 2.45) is 0 Å². The number of benzene rings is 2. The van der Waals surface area contributed by atoms with E-state index in [0.29, 0.717) is 18.0 Å². The van der Waals surface area contributed by atoms with Crippen molar-refractivity contribution in [1.82, 2.24) is 0 Å². The van der Waals surface area contributed by atoms with Crippen LogP contribution in [0, 0.1) is 13.8 Å². The first kappa shape index (κ1) is 18.5. The molecule has 0 aliphatic carbocycles. The van der Waals surface area contributed by atoms with Crippen LogP contribution in [0.15, 0.2) is 42.5 Å². The molecule has 0 fully saturated rings. The lowest BCUT2D eigenvalue weighted by Gasteiger charge is -2.21. The fraction of sp³-hybridized carbons (Fsp3) is 0.300. The van der Waals surface area contributed by atoms with Crippen LogP contribution in [0.3, 0.4) is 0 Å². The van der Waals surface area contributed by atoms with Crippen LogP contribution in [0.25, 0.3) is 0 Å². The zero-order valence-corrected chi connectivity index (χ0v) is 15.1. The Kier molecular flexibility index (Phi) is 6.17. The van der Waals surface area contributed by atoms with Gasteiger partial charge in [0.15, 0.2) is 0 Å². The first-order chi connectivity index (χ1) is 11.9. The fourth-order valence-corrected chi connectivity index (χ4v) is 2.65. The van der Waals surface area contributed by atoms with E-state index in [9.17, 15) is 9.59 Å². The van der Waals surface area contributed by atoms with E-state index in [1.54, 1.807) is 18.1 Å². The highest BCUT2D eigenvalue weighted by Gasteiger charge is 2.18. The van der Waals surface area contributed by atoms with E-state index in [-0.39, 0.29) is 18.2 Å². The Morgan fingerprint density at radius 2 is 1.80 bits per heavy atom. The minimum atomic E-state index is -0.361. The number of hydrogen-bond acceptors (Lipinski definition) is 3. The van der Waals surface area contributed by atoms with Crippen molar-refractivity contribution in [3.05, 3.63) is 53.6 Å². The van der Waals surface area contributed by atoms with Crippen molar-refractivity contribution in [2.45, 2.75) is 27.2 Å². The largest absolute Gasteiger partial charge is 0.495 e. The van der Waals surface area contributed by atoms with Crippen LogP contribution in [0.4, 0.5) is 11.4 Å². The molecular formula is C20H24N2O3. The molecule has 0 heterocycles. The average molecular weight is 340 g/mol. The highest BCUT2D eigenvalue weighted by Crippen LogP contribution is 2.25. The molecule has 2 aromatic carbocycles. The molecule has 2 aromatic rings. The number of nitrogens with zero attached hydrogens (tertiary/aromatic N) is 1. The fourth-order valence-electron chi connectivity index (χ4n) is 2.65. The van der Waals surface area contributed by atoms with Gasteiger partial charge in [-0.3, -0.25) is 9.59 Å². The maximum atomic E-state index is 12.5. The number of nitrogens with one attached hydrogen (secondary N) is 1. The summed E-state index contributed by atoms with van der Waals surface area (Å²) in [6, 6.07) is 13.2. The lowest BCUT2D eigenvalue weighted by atomic mass is 10.2. The maximum Gasteiger partial charge on any atom is 0.236 e. The Hall–Kier alpha value is -2.82. The average Bonchev–Trinajstić information content (AvgIpc) is 2.55. The molecule has 0 saturated heterocycles. The molecule has 0 unspecified atom stereocenters. The number of methoxy groups -OCH3 is 1. The number of rotatable bonds is 6. The van der Waals surface area contributed by atoms with Crippen molar-refractivity contribution in [2.75, 3.05) is 23.9 Å². The minimum absolute atomic E-state index is 0.223. The third kappa shape index (κ3) is 4.83. The number of amides is 2. The molecule has 2 rings (SSSR count). The molecule has 25 heavy (non-hydrogen) atoms. The first-order valence-electron chi connectivity index (χ1n) is 8.26. The molecule has 132 valence electrons. The molecule has 1 N–H and O–H groups in total. The summed E-state index contributed by atoms with van der Waals surface area (Å²) in [4.78, 5) is 26.5. The maximum absolute atomic E-state index is 12.5. The summed E-state index contributed by atoms with van der Waals surface area (Å²) in [7, 11) is 1.54. The van der Waals surface area contributed by atoms with Crippen LogP contribution in [0.1, 0.15) is 24.5 Å². The molecule has 0 bridgehead atoms. The number of carbonyl (C=O) groups excluding carboxylic acids is 2. The van der Waals surface area contributed by atoms with Crippen LogP contribution < -0.4 is 15.0 Å². The SMILES string of the molecule is CCN(C(=O)CC(=O)Nc1cc(C)ccc1OC)c1cccc(C)c1. The third-order valence-electron chi connectivity index (χ3n) is 3.87. The second kappa shape index (κ2) is 8.33. The van der Waals surface area contributed by atoms with Crippen LogP contribution in [-0.4, -0.2) is 25.5 Å². The Morgan fingerprint density at radius 3 is 2.44 bits per heavy atom. The number of carbonyl (C=O) groups is 2. The quantitative estimate of drug-likeness (QED) is 0.816. The molecule has 0 saturated carbocycles. The Bertz CT molecular complexity index is 771. The van der Waals surface area contributed by atoms with Gasteiger partial charge < -0.3 is 15.0 Å². The number of ether oxygens (including phenoxy) is 1. The summed E-state index contributed by atoms with van der Waals surface area (Å²) >= 11 is 0. The molecule has 0 aliphatic rings. The summed E-state index contributed by atoms with van der Waals surface area (Å²) in [5.74, 6) is -0.0327. The number of aryl methyl sites for hydroxylation is 2. The molecule has 0 aromatic heterocycles. The summed E-state index contributed by atoms with van der Waals surface area (Å²) in [6.07, 6.45) is -0.223. The van der Waals surface area contributed by atoms with Crippen LogP contribution in [0.2, 0.25) is 0 Å². The summed E-state index contributed by atoms with van der Waals surface area (Å²) in [5.41, 5.74) is 3.43. The molecule has 0 atom stereocenters. The first-order valence-corrected chi connectivity index (χ1v) is 8.26. The van der Waals surface area contributed by atoms with Crippen molar-refractivity contribution >= 4 is 23.2 Å². The molecule has 0 aliphatic heterocycles. The predicted octanol–water partition coefficient (Wildman–Crippen LogP) is 3.69. The second-order valence-electron chi connectivity index (χ2n) is 5.91. The summed E-state index contributed by atoms with van der Waals surface area (Å²) < 4.78 is 5.25. The topological polar surface area (TPSA) is 58.6 Å². The van der Waals surface area contributed by atoms with Crippen molar-refractivity contribution < 1.29 is 14.3 Å². The van der Waals surface area contributed by atoms with Gasteiger partial charge in [-0.2, -0.15) is 0 Å². The molecule has 5 heteroatoms. The number of hydrogen-bond donors (Lipinski definition) is 1. The van der Waals surface area contributed by atoms with Gasteiger partial charge in [0.25, 0.3) is 0 Å². The van der Waals surface area contributed by atoms with Crippen LogP contribution in [-0.2, 0) is 9.59 Å². The second-order valence-corrected chi connectivity index (χ2v) is 5.91. The molecule has 0 radical (unpaired) electrons. The van der Waals surface area contributed by atoms with Gasteiger partial charge in [-0.25, -0.2) is 0 Å². The Morgan fingerprint density at radius 1 is 1.08 bits per heavy atom. The van der Waals surface area contributed by atoms with Gasteiger partial charge in [0.2, 0.25) is 11.8 Å². The van der Waals surface area contributed by atoms with E-state index in [4.69, 9.17) is 4.74 Å². The molecule has 2 amide bonds. The van der Waals surface area contributed by atoms with Crippen LogP contribution >= 0.6 is 0 Å². The highest BCUT2D eigenvalue weighted by atomic mass is 16.5. The van der Waals surface area contributed by atoms with Gasteiger partial charge in [0.05, 0.1) is 12.8 Å². The lowest BCUT2D eigenvalue weighted by molar-refractivity contribution is -0.125. The zero-order chi connectivity index (χ0) is 18.4. The van der Waals surface area contributed by atoms with Gasteiger partial charge in [-0.05, 0) is 56.2 Å². The monoisotopic (exact) mass is 340 g/mol. The normalized spacial score (nSPS) is 10.2. The van der Waals surface area contributed by atoms with Gasteiger partial charge in [0.1, 0.15) is 12.2 Å². The standard InChI is InChI=1S/C20H24N2O3/c1-5-22(16-8-6-7-14(2)11-16)20(24)13-19(23)21-17-12-15(3)9-10-18(17)25-4/h6-12H,5,13H2,1-4H3,(H,21,23). The van der Waals surface area contributed by atoms with E-state index >= 15 is 0 Å². The molecule has 0 spiro atoms. The van der Waals surface area contributed by atoms with E-state index in [2.05, 4.69) is 5.32 Å². The van der Waals surface area contributed by atoms with E-state index in [1.807, 2.05) is 57.2 Å². The van der Waals surface area contributed by atoms with Gasteiger partial charge in [-0.15, -0.1) is 0 Å². The van der Waals surface area contributed by atoms with Crippen molar-refractivity contribution in [1.29, 1.82) is 0 Å². The van der Waals surface area contributed by atoms with Crippen molar-refractivity contribution in [3.8, 4) is 5.75 Å². The van der Waals surface area contributed by atoms with Gasteiger partial charge in [-0.1, -0.05) is 18.2 Å². The predicted molar refractivity (Wildman–Crippen MR) is 100 cm³/mol. The third-order valence-corrected chi connectivity index (χ3v) is 3.87. The van der Waals surface area contributed by atoms with Crippen molar-refractivity contribution in [3.63, 3.8) is 0 Å². The number of anilines is 2. The molecule has 5 nitrogen and oxygen atoms in total. The zero-order valence-electron chi connectivity index (χ0n) is 15.1. The van der Waals surface area contributed by atoms with E-state index < -0.39 is 0 Å². The van der Waals surface area contributed by atoms with Crippen LogP contribution in [0.5, 0.6) is 5.75 Å².